The smallest absolute Gasteiger partial charge is 0.241 e. The maximum Gasteiger partial charge on any atom is 0.241 e. The van der Waals surface area contributed by atoms with E-state index in [0.29, 0.717) is 6.42 Å². The van der Waals surface area contributed by atoms with Gasteiger partial charge in [-0.25, -0.2) is 0 Å². The molecule has 0 aromatic heterocycles. The van der Waals surface area contributed by atoms with Crippen LogP contribution in [0.25, 0.3) is 0 Å². The highest BCUT2D eigenvalue weighted by molar-refractivity contribution is 4.69. The summed E-state index contributed by atoms with van der Waals surface area (Å²) in [5.41, 5.74) is -0.550. The van der Waals surface area contributed by atoms with E-state index < -0.39 is 24.4 Å². The molecule has 0 spiro atoms. The molecule has 0 rings (SSSR count). The molecule has 0 saturated heterocycles. The van der Waals surface area contributed by atoms with E-state index in [1.54, 1.807) is 0 Å². The van der Waals surface area contributed by atoms with Crippen LogP contribution in [0.15, 0.2) is 5.28 Å². The SMILES string of the molecule is CCC(C)(O)CCCCCCCCC(O)C(CO)[N+]([O-])=NO. The van der Waals surface area contributed by atoms with Gasteiger partial charge in [-0.3, -0.25) is 0 Å². The Kier molecular flexibility index (Phi) is 11.1. The third-order valence-corrected chi connectivity index (χ3v) is 4.23. The summed E-state index contributed by atoms with van der Waals surface area (Å²) in [7, 11) is 0. The zero-order valence-corrected chi connectivity index (χ0v) is 13.8. The Hall–Kier alpha value is -0.920. The molecule has 132 valence electrons. The lowest BCUT2D eigenvalue weighted by atomic mass is 9.95. The highest BCUT2D eigenvalue weighted by atomic mass is 16.6. The number of hydroxylamine groups is 1. The van der Waals surface area contributed by atoms with Crippen molar-refractivity contribution in [2.45, 2.75) is 89.4 Å². The van der Waals surface area contributed by atoms with Gasteiger partial charge in [-0.05, 0) is 31.0 Å². The average molecular weight is 320 g/mol. The summed E-state index contributed by atoms with van der Waals surface area (Å²) < 4.78 is 0. The normalized spacial score (nSPS) is 18.0. The zero-order chi connectivity index (χ0) is 17.0. The quantitative estimate of drug-likeness (QED) is 0.180. The second-order valence-corrected chi connectivity index (χ2v) is 6.22. The Morgan fingerprint density at radius 3 is 2.18 bits per heavy atom. The standard InChI is InChI=1S/C15H32N2O5/c1-3-15(2,20)11-9-7-5-4-6-8-10-14(19)13(12-18)17(22)16-21/h13-14,18-21H,3-12H2,1-2H3. The molecule has 0 aromatic rings. The Morgan fingerprint density at radius 2 is 1.68 bits per heavy atom. The van der Waals surface area contributed by atoms with Crippen molar-refractivity contribution in [3.63, 3.8) is 0 Å². The summed E-state index contributed by atoms with van der Waals surface area (Å²) in [6, 6.07) is -1.11. The second kappa shape index (κ2) is 11.6. The Bertz CT molecular complexity index is 310. The Morgan fingerprint density at radius 1 is 1.14 bits per heavy atom. The highest BCUT2D eigenvalue weighted by Gasteiger charge is 2.27. The molecular weight excluding hydrogens is 288 g/mol. The number of nitrogens with zero attached hydrogens (tertiary/aromatic N) is 2. The van der Waals surface area contributed by atoms with Crippen LogP contribution in [-0.4, -0.2) is 49.7 Å². The van der Waals surface area contributed by atoms with Crippen molar-refractivity contribution in [1.82, 2.24) is 0 Å². The number of unbranched alkanes of at least 4 members (excludes halogenated alkanes) is 5. The van der Waals surface area contributed by atoms with Crippen molar-refractivity contribution >= 4 is 0 Å². The summed E-state index contributed by atoms with van der Waals surface area (Å²) in [5.74, 6) is 0. The first-order valence-electron chi connectivity index (χ1n) is 8.20. The van der Waals surface area contributed by atoms with E-state index in [9.17, 15) is 15.4 Å². The fourth-order valence-corrected chi connectivity index (χ4v) is 2.34. The highest BCUT2D eigenvalue weighted by Crippen LogP contribution is 2.19. The minimum atomic E-state index is -1.11. The molecule has 0 aliphatic rings. The topological polar surface area (TPSA) is 119 Å². The van der Waals surface area contributed by atoms with Gasteiger partial charge in [0.2, 0.25) is 6.04 Å². The lowest BCUT2D eigenvalue weighted by molar-refractivity contribution is -0.603. The molecule has 0 fully saturated rings. The van der Waals surface area contributed by atoms with E-state index in [4.69, 9.17) is 10.3 Å². The van der Waals surface area contributed by atoms with Crippen LogP contribution in [0.4, 0.5) is 0 Å². The number of aliphatic hydroxyl groups excluding tert-OH is 2. The zero-order valence-electron chi connectivity index (χ0n) is 13.8. The maximum absolute atomic E-state index is 11.1. The lowest BCUT2D eigenvalue weighted by Crippen LogP contribution is -2.37. The van der Waals surface area contributed by atoms with E-state index in [1.165, 1.54) is 0 Å². The predicted molar refractivity (Wildman–Crippen MR) is 82.6 cm³/mol. The molecule has 0 bridgehead atoms. The molecule has 3 unspecified atom stereocenters. The van der Waals surface area contributed by atoms with Gasteiger partial charge in [0.1, 0.15) is 12.7 Å². The maximum atomic E-state index is 11.1. The van der Waals surface area contributed by atoms with Gasteiger partial charge < -0.3 is 25.7 Å². The van der Waals surface area contributed by atoms with Crippen molar-refractivity contribution in [3.05, 3.63) is 5.21 Å². The molecule has 0 saturated carbocycles. The van der Waals surface area contributed by atoms with Crippen LogP contribution >= 0.6 is 0 Å². The first-order valence-corrected chi connectivity index (χ1v) is 8.20. The van der Waals surface area contributed by atoms with Crippen molar-refractivity contribution < 1.29 is 25.4 Å². The van der Waals surface area contributed by atoms with E-state index in [1.807, 2.05) is 13.8 Å². The summed E-state index contributed by atoms with van der Waals surface area (Å²) in [4.78, 5) is -0.0652. The predicted octanol–water partition coefficient (Wildman–Crippen LogP) is 2.34. The largest absolute Gasteiger partial charge is 0.597 e. The van der Waals surface area contributed by atoms with E-state index in [-0.39, 0.29) is 4.86 Å². The first-order chi connectivity index (χ1) is 10.4. The molecule has 0 aliphatic carbocycles. The third kappa shape index (κ3) is 9.17. The lowest BCUT2D eigenvalue weighted by Gasteiger charge is -2.20. The molecule has 0 heterocycles. The van der Waals surface area contributed by atoms with Crippen LogP contribution in [0.3, 0.4) is 0 Å². The summed E-state index contributed by atoms with van der Waals surface area (Å²) in [6.45, 7) is 3.30. The molecule has 3 atom stereocenters. The van der Waals surface area contributed by atoms with E-state index >= 15 is 0 Å². The van der Waals surface area contributed by atoms with Gasteiger partial charge in [0.15, 0.2) is 5.28 Å². The second-order valence-electron chi connectivity index (χ2n) is 6.22. The van der Waals surface area contributed by atoms with Crippen molar-refractivity contribution in [1.29, 1.82) is 0 Å². The molecule has 7 heteroatoms. The average Bonchev–Trinajstić information content (AvgIpc) is 2.50. The molecule has 4 N–H and O–H groups in total. The molecule has 0 aromatic carbocycles. The monoisotopic (exact) mass is 320 g/mol. The number of aliphatic hydroxyl groups is 3. The van der Waals surface area contributed by atoms with Crippen LogP contribution < -0.4 is 0 Å². The van der Waals surface area contributed by atoms with Crippen molar-refractivity contribution in [2.24, 2.45) is 5.28 Å². The fourth-order valence-electron chi connectivity index (χ4n) is 2.34. The van der Waals surface area contributed by atoms with Crippen LogP contribution in [0.5, 0.6) is 0 Å². The molecular formula is C15H32N2O5. The minimum absolute atomic E-state index is 0.0652. The Labute approximate surface area is 132 Å². The number of hydrogen-bond donors (Lipinski definition) is 4. The van der Waals surface area contributed by atoms with Gasteiger partial charge in [-0.15, -0.1) is 0 Å². The van der Waals surface area contributed by atoms with Gasteiger partial charge in [0.05, 0.1) is 5.60 Å². The minimum Gasteiger partial charge on any atom is -0.597 e. The van der Waals surface area contributed by atoms with Crippen LogP contribution in [0.2, 0.25) is 0 Å². The van der Waals surface area contributed by atoms with Gasteiger partial charge in [0.25, 0.3) is 0 Å². The number of rotatable bonds is 13. The third-order valence-electron chi connectivity index (χ3n) is 4.23. The van der Waals surface area contributed by atoms with Crippen LogP contribution in [0, 0.1) is 5.21 Å². The molecule has 0 radical (unpaired) electrons. The van der Waals surface area contributed by atoms with Crippen LogP contribution in [0.1, 0.15) is 71.6 Å². The summed E-state index contributed by atoms with van der Waals surface area (Å²) in [6.07, 6.45) is 6.89. The fraction of sp³-hybridized carbons (Fsp3) is 1.00. The van der Waals surface area contributed by atoms with Crippen LogP contribution in [-0.2, 0) is 0 Å². The Balaban J connectivity index is 3.65. The van der Waals surface area contributed by atoms with Crippen molar-refractivity contribution in [3.8, 4) is 0 Å². The molecule has 22 heavy (non-hydrogen) atoms. The summed E-state index contributed by atoms with van der Waals surface area (Å²) >= 11 is 0. The van der Waals surface area contributed by atoms with Gasteiger partial charge in [-0.2, -0.15) is 0 Å². The van der Waals surface area contributed by atoms with Gasteiger partial charge >= 0.3 is 0 Å². The molecule has 0 aliphatic heterocycles. The molecule has 0 amide bonds. The van der Waals surface area contributed by atoms with Crippen molar-refractivity contribution in [2.75, 3.05) is 6.61 Å². The number of hydrogen-bond acceptors (Lipinski definition) is 5. The van der Waals surface area contributed by atoms with Gasteiger partial charge in [0, 0.05) is 0 Å². The van der Waals surface area contributed by atoms with E-state index in [2.05, 4.69) is 5.28 Å². The summed E-state index contributed by atoms with van der Waals surface area (Å²) in [5, 5.41) is 50.5. The first kappa shape index (κ1) is 21.1. The molecule has 7 nitrogen and oxygen atoms in total. The van der Waals surface area contributed by atoms with E-state index in [0.717, 1.165) is 51.4 Å². The van der Waals surface area contributed by atoms with Gasteiger partial charge in [-0.1, -0.05) is 45.4 Å².